The highest BCUT2D eigenvalue weighted by Crippen LogP contribution is 2.30. The van der Waals surface area contributed by atoms with Crippen molar-refractivity contribution in [3.05, 3.63) is 70.4 Å². The summed E-state index contributed by atoms with van der Waals surface area (Å²) in [6, 6.07) is 18.8. The topological polar surface area (TPSA) is 20.3 Å². The van der Waals surface area contributed by atoms with Gasteiger partial charge >= 0.3 is 0 Å². The molecular formula is C20H19NOS. The first-order valence-corrected chi connectivity index (χ1v) is 9.02. The van der Waals surface area contributed by atoms with Crippen molar-refractivity contribution in [2.24, 2.45) is 0 Å². The van der Waals surface area contributed by atoms with Crippen molar-refractivity contribution in [1.29, 1.82) is 0 Å². The lowest BCUT2D eigenvalue weighted by Crippen LogP contribution is -2.35. The van der Waals surface area contributed by atoms with Crippen LogP contribution in [0.1, 0.15) is 28.1 Å². The van der Waals surface area contributed by atoms with E-state index >= 15 is 0 Å². The van der Waals surface area contributed by atoms with E-state index in [-0.39, 0.29) is 5.91 Å². The molecule has 0 radical (unpaired) electrons. The second-order valence-electron chi connectivity index (χ2n) is 6.09. The number of thiophene rings is 1. The molecule has 2 nitrogen and oxygen atoms in total. The predicted octanol–water partition coefficient (Wildman–Crippen LogP) is 4.75. The average molecular weight is 321 g/mol. The third kappa shape index (κ3) is 3.02. The molecule has 4 rings (SSSR count). The zero-order valence-corrected chi connectivity index (χ0v) is 13.8. The van der Waals surface area contributed by atoms with Gasteiger partial charge in [0.15, 0.2) is 0 Å². The lowest BCUT2D eigenvalue weighted by atomic mass is 10.0. The molecular weight excluding hydrogens is 302 g/mol. The molecule has 1 saturated carbocycles. The van der Waals surface area contributed by atoms with Gasteiger partial charge in [0.2, 0.25) is 0 Å². The normalized spacial score (nSPS) is 14.1. The van der Waals surface area contributed by atoms with Crippen LogP contribution >= 0.6 is 11.3 Å². The molecule has 1 aromatic heterocycles. The van der Waals surface area contributed by atoms with E-state index in [1.807, 2.05) is 30.3 Å². The maximum atomic E-state index is 13.1. The van der Waals surface area contributed by atoms with Crippen LogP contribution in [-0.4, -0.2) is 23.4 Å². The zero-order valence-electron chi connectivity index (χ0n) is 12.9. The van der Waals surface area contributed by atoms with E-state index in [0.717, 1.165) is 42.1 Å². The Kier molecular flexibility index (Phi) is 3.88. The third-order valence-corrected chi connectivity index (χ3v) is 5.38. The Bertz CT molecular complexity index is 815. The summed E-state index contributed by atoms with van der Waals surface area (Å²) in [6.45, 7) is 0.813. The van der Waals surface area contributed by atoms with Gasteiger partial charge in [-0.15, -0.1) is 11.3 Å². The van der Waals surface area contributed by atoms with Gasteiger partial charge in [-0.2, -0.15) is 0 Å². The van der Waals surface area contributed by atoms with E-state index in [9.17, 15) is 4.79 Å². The summed E-state index contributed by atoms with van der Waals surface area (Å²) in [6.07, 6.45) is 3.23. The van der Waals surface area contributed by atoms with Crippen molar-refractivity contribution in [2.45, 2.75) is 25.3 Å². The predicted molar refractivity (Wildman–Crippen MR) is 96.0 cm³/mol. The number of hydrogen-bond acceptors (Lipinski definition) is 2. The van der Waals surface area contributed by atoms with E-state index in [4.69, 9.17) is 0 Å². The lowest BCUT2D eigenvalue weighted by molar-refractivity contribution is 0.0747. The van der Waals surface area contributed by atoms with Gasteiger partial charge in [-0.1, -0.05) is 42.5 Å². The average Bonchev–Trinajstić information content (AvgIpc) is 3.29. The molecule has 1 heterocycles. The van der Waals surface area contributed by atoms with E-state index in [0.29, 0.717) is 6.04 Å². The van der Waals surface area contributed by atoms with Crippen molar-refractivity contribution in [2.75, 3.05) is 6.54 Å². The largest absolute Gasteiger partial charge is 0.335 e. The summed E-state index contributed by atoms with van der Waals surface area (Å²) >= 11 is 1.77. The molecule has 0 bridgehead atoms. The molecule has 23 heavy (non-hydrogen) atoms. The van der Waals surface area contributed by atoms with Crippen LogP contribution in [0, 0.1) is 0 Å². The monoisotopic (exact) mass is 321 g/mol. The molecule has 0 unspecified atom stereocenters. The molecule has 0 saturated heterocycles. The fourth-order valence-electron chi connectivity index (χ4n) is 3.09. The first kappa shape index (κ1) is 14.5. The van der Waals surface area contributed by atoms with Gasteiger partial charge in [-0.05, 0) is 47.5 Å². The second-order valence-corrected chi connectivity index (χ2v) is 7.12. The van der Waals surface area contributed by atoms with Gasteiger partial charge in [0.05, 0.1) is 0 Å². The third-order valence-electron chi connectivity index (χ3n) is 4.45. The number of rotatable bonds is 5. The number of carbonyl (C=O) groups is 1. The molecule has 1 aliphatic rings. The van der Waals surface area contributed by atoms with E-state index in [2.05, 4.69) is 34.5 Å². The van der Waals surface area contributed by atoms with Crippen LogP contribution in [0.5, 0.6) is 0 Å². The van der Waals surface area contributed by atoms with Crippen molar-refractivity contribution < 1.29 is 4.79 Å². The van der Waals surface area contributed by atoms with Gasteiger partial charge in [0, 0.05) is 23.0 Å². The SMILES string of the molecule is O=C(c1cccc2ccccc12)N(CCc1cccs1)C1CC1. The highest BCUT2D eigenvalue weighted by Gasteiger charge is 2.33. The summed E-state index contributed by atoms with van der Waals surface area (Å²) in [7, 11) is 0. The van der Waals surface area contributed by atoms with Crippen LogP contribution < -0.4 is 0 Å². The van der Waals surface area contributed by atoms with Crippen LogP contribution in [-0.2, 0) is 6.42 Å². The molecule has 116 valence electrons. The minimum atomic E-state index is 0.181. The molecule has 3 heteroatoms. The molecule has 0 aliphatic heterocycles. The number of amides is 1. The fraction of sp³-hybridized carbons (Fsp3) is 0.250. The van der Waals surface area contributed by atoms with Crippen molar-refractivity contribution in [1.82, 2.24) is 4.90 Å². The number of carbonyl (C=O) groups excluding carboxylic acids is 1. The highest BCUT2D eigenvalue weighted by atomic mass is 32.1. The Morgan fingerprint density at radius 1 is 1.04 bits per heavy atom. The Hall–Kier alpha value is -2.13. The Labute approximate surface area is 140 Å². The quantitative estimate of drug-likeness (QED) is 0.664. The van der Waals surface area contributed by atoms with Crippen LogP contribution in [0.4, 0.5) is 0 Å². The second kappa shape index (κ2) is 6.17. The van der Waals surface area contributed by atoms with Gasteiger partial charge < -0.3 is 4.90 Å². The molecule has 3 aromatic rings. The molecule has 0 N–H and O–H groups in total. The number of fused-ring (bicyclic) bond motifs is 1. The number of benzene rings is 2. The Balaban J connectivity index is 1.61. The van der Waals surface area contributed by atoms with E-state index in [1.165, 1.54) is 4.88 Å². The Morgan fingerprint density at radius 3 is 2.65 bits per heavy atom. The minimum Gasteiger partial charge on any atom is -0.335 e. The van der Waals surface area contributed by atoms with Gasteiger partial charge in [0.1, 0.15) is 0 Å². The highest BCUT2D eigenvalue weighted by molar-refractivity contribution is 7.09. The molecule has 0 spiro atoms. The maximum absolute atomic E-state index is 13.1. The standard InChI is InChI=1S/C20H19NOS/c22-20(19-9-3-6-15-5-1-2-8-18(15)19)21(16-10-11-16)13-12-17-7-4-14-23-17/h1-9,14,16H,10-13H2. The fourth-order valence-corrected chi connectivity index (χ4v) is 3.79. The summed E-state index contributed by atoms with van der Waals surface area (Å²) in [5.41, 5.74) is 0.834. The van der Waals surface area contributed by atoms with Crippen molar-refractivity contribution in [3.8, 4) is 0 Å². The minimum absolute atomic E-state index is 0.181. The molecule has 0 atom stereocenters. The van der Waals surface area contributed by atoms with Crippen molar-refractivity contribution in [3.63, 3.8) is 0 Å². The van der Waals surface area contributed by atoms with E-state index in [1.54, 1.807) is 11.3 Å². The summed E-state index contributed by atoms with van der Waals surface area (Å²) in [5, 5.41) is 4.29. The van der Waals surface area contributed by atoms with Crippen LogP contribution in [0.25, 0.3) is 10.8 Å². The maximum Gasteiger partial charge on any atom is 0.254 e. The molecule has 1 fully saturated rings. The molecule has 1 aliphatic carbocycles. The van der Waals surface area contributed by atoms with Crippen molar-refractivity contribution >= 4 is 28.0 Å². The van der Waals surface area contributed by atoms with Crippen LogP contribution in [0.2, 0.25) is 0 Å². The lowest BCUT2D eigenvalue weighted by Gasteiger charge is -2.23. The number of hydrogen-bond donors (Lipinski definition) is 0. The van der Waals surface area contributed by atoms with E-state index < -0.39 is 0 Å². The summed E-state index contributed by atoms with van der Waals surface area (Å²) in [4.78, 5) is 16.6. The van der Waals surface area contributed by atoms with Gasteiger partial charge in [-0.3, -0.25) is 4.79 Å². The Morgan fingerprint density at radius 2 is 1.87 bits per heavy atom. The first-order valence-electron chi connectivity index (χ1n) is 8.14. The van der Waals surface area contributed by atoms with Gasteiger partial charge in [0.25, 0.3) is 5.91 Å². The smallest absolute Gasteiger partial charge is 0.254 e. The zero-order chi connectivity index (χ0) is 15.6. The van der Waals surface area contributed by atoms with Crippen LogP contribution in [0.3, 0.4) is 0 Å². The number of nitrogens with zero attached hydrogens (tertiary/aromatic N) is 1. The first-order chi connectivity index (χ1) is 11.3. The summed E-state index contributed by atoms with van der Waals surface area (Å²) < 4.78 is 0. The summed E-state index contributed by atoms with van der Waals surface area (Å²) in [5.74, 6) is 0.181. The van der Waals surface area contributed by atoms with Gasteiger partial charge in [-0.25, -0.2) is 0 Å². The molecule has 1 amide bonds. The van der Waals surface area contributed by atoms with Crippen LogP contribution in [0.15, 0.2) is 60.0 Å². The molecule has 2 aromatic carbocycles.